The van der Waals surface area contributed by atoms with Crippen LogP contribution >= 0.6 is 15.9 Å². The molecule has 0 spiro atoms. The van der Waals surface area contributed by atoms with Crippen LogP contribution in [0.5, 0.6) is 0 Å². The van der Waals surface area contributed by atoms with E-state index in [2.05, 4.69) is 35.1 Å². The van der Waals surface area contributed by atoms with E-state index in [0.29, 0.717) is 17.9 Å². The Morgan fingerprint density at radius 3 is 2.50 bits per heavy atom. The molecule has 1 aromatic rings. The summed E-state index contributed by atoms with van der Waals surface area (Å²) in [4.78, 5) is 0. The molecule has 0 amide bonds. The minimum absolute atomic E-state index is 0.0676. The van der Waals surface area contributed by atoms with Crippen molar-refractivity contribution in [3.8, 4) is 0 Å². The molecule has 2 atom stereocenters. The highest BCUT2D eigenvalue weighted by atomic mass is 79.9. The molecule has 0 saturated heterocycles. The van der Waals surface area contributed by atoms with Gasteiger partial charge in [-0.1, -0.05) is 35.8 Å². The van der Waals surface area contributed by atoms with Gasteiger partial charge in [-0.3, -0.25) is 0 Å². The Morgan fingerprint density at radius 2 is 2.06 bits per heavy atom. The molecule has 4 heteroatoms. The summed E-state index contributed by atoms with van der Waals surface area (Å²) in [5, 5.41) is 3.22. The monoisotopic (exact) mass is 317 g/mol. The standard InChI is InChI=1S/C14H21BrFNO/c1-9(2)14(18-4)13(17-3)7-10-5-6-11(15)8-12(10)16/h5-6,8-9,13-14,17H,7H2,1-4H3. The molecule has 102 valence electrons. The lowest BCUT2D eigenvalue weighted by Crippen LogP contribution is -2.43. The normalized spacial score (nSPS) is 14.8. The van der Waals surface area contributed by atoms with Crippen LogP contribution in [0.1, 0.15) is 19.4 Å². The fourth-order valence-electron chi connectivity index (χ4n) is 2.21. The lowest BCUT2D eigenvalue weighted by atomic mass is 9.94. The quantitative estimate of drug-likeness (QED) is 0.868. The van der Waals surface area contributed by atoms with E-state index in [1.54, 1.807) is 7.11 Å². The first-order chi connectivity index (χ1) is 8.49. The van der Waals surface area contributed by atoms with E-state index in [1.807, 2.05) is 19.2 Å². The number of likely N-dealkylation sites (N-methyl/N-ethyl adjacent to an activating group) is 1. The Hall–Kier alpha value is -0.450. The van der Waals surface area contributed by atoms with Crippen LogP contribution in [-0.2, 0) is 11.2 Å². The molecule has 0 fully saturated rings. The van der Waals surface area contributed by atoms with Crippen molar-refractivity contribution < 1.29 is 9.13 Å². The van der Waals surface area contributed by atoms with Crippen LogP contribution in [0.3, 0.4) is 0 Å². The zero-order valence-electron chi connectivity index (χ0n) is 11.3. The number of halogens is 2. The predicted octanol–water partition coefficient (Wildman–Crippen LogP) is 3.39. The van der Waals surface area contributed by atoms with Crippen LogP contribution in [0.25, 0.3) is 0 Å². The van der Waals surface area contributed by atoms with E-state index in [0.717, 1.165) is 4.47 Å². The molecule has 0 aliphatic heterocycles. The topological polar surface area (TPSA) is 21.3 Å². The van der Waals surface area contributed by atoms with Crippen molar-refractivity contribution in [2.45, 2.75) is 32.4 Å². The van der Waals surface area contributed by atoms with Crippen LogP contribution in [0.4, 0.5) is 4.39 Å². The van der Waals surface area contributed by atoms with E-state index < -0.39 is 0 Å². The molecule has 0 radical (unpaired) electrons. The SMILES string of the molecule is CNC(Cc1ccc(Br)cc1F)C(OC)C(C)C. The van der Waals surface area contributed by atoms with Gasteiger partial charge < -0.3 is 10.1 Å². The minimum Gasteiger partial charge on any atom is -0.380 e. The van der Waals surface area contributed by atoms with E-state index in [-0.39, 0.29) is 18.0 Å². The van der Waals surface area contributed by atoms with E-state index in [4.69, 9.17) is 4.74 Å². The third-order valence-electron chi connectivity index (χ3n) is 3.15. The van der Waals surface area contributed by atoms with Crippen molar-refractivity contribution >= 4 is 15.9 Å². The maximum Gasteiger partial charge on any atom is 0.127 e. The summed E-state index contributed by atoms with van der Waals surface area (Å²) in [5.74, 6) is 0.203. The van der Waals surface area contributed by atoms with Crippen LogP contribution in [-0.4, -0.2) is 26.3 Å². The smallest absolute Gasteiger partial charge is 0.127 e. The highest BCUT2D eigenvalue weighted by molar-refractivity contribution is 9.10. The Kier molecular flexibility index (Phi) is 6.26. The molecule has 0 aliphatic carbocycles. The third-order valence-corrected chi connectivity index (χ3v) is 3.64. The van der Waals surface area contributed by atoms with Gasteiger partial charge in [-0.2, -0.15) is 0 Å². The largest absolute Gasteiger partial charge is 0.380 e. The Labute approximate surface area is 117 Å². The van der Waals surface area contributed by atoms with Crippen molar-refractivity contribution in [3.63, 3.8) is 0 Å². The van der Waals surface area contributed by atoms with Crippen LogP contribution in [0.15, 0.2) is 22.7 Å². The number of ether oxygens (including phenoxy) is 1. The average molecular weight is 318 g/mol. The first-order valence-electron chi connectivity index (χ1n) is 6.13. The lowest BCUT2D eigenvalue weighted by molar-refractivity contribution is 0.0352. The molecular formula is C14H21BrFNO. The summed E-state index contributed by atoms with van der Waals surface area (Å²) in [6.45, 7) is 4.22. The van der Waals surface area contributed by atoms with Gasteiger partial charge in [0.1, 0.15) is 5.82 Å². The molecule has 2 unspecified atom stereocenters. The summed E-state index contributed by atoms with van der Waals surface area (Å²) >= 11 is 3.27. The first kappa shape index (κ1) is 15.6. The second-order valence-electron chi connectivity index (χ2n) is 4.78. The summed E-state index contributed by atoms with van der Waals surface area (Å²) in [7, 11) is 3.59. The van der Waals surface area contributed by atoms with Gasteiger partial charge in [0, 0.05) is 17.6 Å². The Bertz CT molecular complexity index is 384. The minimum atomic E-state index is -0.178. The van der Waals surface area contributed by atoms with Crippen LogP contribution < -0.4 is 5.32 Å². The first-order valence-corrected chi connectivity index (χ1v) is 6.92. The van der Waals surface area contributed by atoms with Crippen molar-refractivity contribution in [2.24, 2.45) is 5.92 Å². The highest BCUT2D eigenvalue weighted by Crippen LogP contribution is 2.19. The Balaban J connectivity index is 2.85. The molecule has 1 rings (SSSR count). The molecule has 0 bridgehead atoms. The van der Waals surface area contributed by atoms with Gasteiger partial charge in [0.25, 0.3) is 0 Å². The van der Waals surface area contributed by atoms with E-state index in [9.17, 15) is 4.39 Å². The van der Waals surface area contributed by atoms with Gasteiger partial charge in [-0.05, 0) is 37.1 Å². The summed E-state index contributed by atoms with van der Waals surface area (Å²) < 4.78 is 20.1. The second-order valence-corrected chi connectivity index (χ2v) is 5.70. The molecule has 0 aliphatic rings. The third kappa shape index (κ3) is 4.04. The molecule has 2 nitrogen and oxygen atoms in total. The zero-order chi connectivity index (χ0) is 13.7. The molecule has 0 heterocycles. The average Bonchev–Trinajstić information content (AvgIpc) is 2.31. The predicted molar refractivity (Wildman–Crippen MR) is 76.3 cm³/mol. The molecule has 1 aromatic carbocycles. The van der Waals surface area contributed by atoms with Gasteiger partial charge in [0.2, 0.25) is 0 Å². The number of hydrogen-bond acceptors (Lipinski definition) is 2. The maximum absolute atomic E-state index is 13.8. The van der Waals surface area contributed by atoms with Gasteiger partial charge in [-0.15, -0.1) is 0 Å². The summed E-state index contributed by atoms with van der Waals surface area (Å²) in [6.07, 6.45) is 0.685. The second kappa shape index (κ2) is 7.22. The van der Waals surface area contributed by atoms with Crippen molar-refractivity contribution in [3.05, 3.63) is 34.1 Å². The molecule has 0 aromatic heterocycles. The molecule has 1 N–H and O–H groups in total. The number of hydrogen-bond donors (Lipinski definition) is 1. The number of rotatable bonds is 6. The maximum atomic E-state index is 13.8. The van der Waals surface area contributed by atoms with Crippen molar-refractivity contribution in [1.29, 1.82) is 0 Å². The fraction of sp³-hybridized carbons (Fsp3) is 0.571. The van der Waals surface area contributed by atoms with Crippen LogP contribution in [0.2, 0.25) is 0 Å². The number of methoxy groups -OCH3 is 1. The van der Waals surface area contributed by atoms with Crippen molar-refractivity contribution in [1.82, 2.24) is 5.32 Å². The molecular weight excluding hydrogens is 297 g/mol. The highest BCUT2D eigenvalue weighted by Gasteiger charge is 2.24. The summed E-state index contributed by atoms with van der Waals surface area (Å²) in [6, 6.07) is 5.28. The number of nitrogens with one attached hydrogen (secondary N) is 1. The Morgan fingerprint density at radius 1 is 1.39 bits per heavy atom. The van der Waals surface area contributed by atoms with Crippen molar-refractivity contribution in [2.75, 3.05) is 14.2 Å². The van der Waals surface area contributed by atoms with Gasteiger partial charge in [-0.25, -0.2) is 4.39 Å². The van der Waals surface area contributed by atoms with Gasteiger partial charge in [0.05, 0.1) is 6.10 Å². The molecule has 18 heavy (non-hydrogen) atoms. The van der Waals surface area contributed by atoms with Crippen LogP contribution in [0, 0.1) is 11.7 Å². The molecule has 0 saturated carbocycles. The summed E-state index contributed by atoms with van der Waals surface area (Å²) in [5.41, 5.74) is 0.709. The van der Waals surface area contributed by atoms with Gasteiger partial charge >= 0.3 is 0 Å². The van der Waals surface area contributed by atoms with E-state index in [1.165, 1.54) is 6.07 Å². The lowest BCUT2D eigenvalue weighted by Gasteiger charge is -2.29. The fourth-order valence-corrected chi connectivity index (χ4v) is 2.54. The zero-order valence-corrected chi connectivity index (χ0v) is 12.9. The van der Waals surface area contributed by atoms with E-state index >= 15 is 0 Å². The number of benzene rings is 1. The van der Waals surface area contributed by atoms with Gasteiger partial charge in [0.15, 0.2) is 0 Å².